The van der Waals surface area contributed by atoms with Crippen LogP contribution < -0.4 is 10.5 Å². The van der Waals surface area contributed by atoms with Gasteiger partial charge in [-0.3, -0.25) is 5.10 Å². The molecule has 0 atom stereocenters. The highest BCUT2D eigenvalue weighted by Crippen LogP contribution is 2.38. The third kappa shape index (κ3) is 2.67. The number of aromatic amines is 1. The molecule has 0 radical (unpaired) electrons. The van der Waals surface area contributed by atoms with Gasteiger partial charge in [0.2, 0.25) is 0 Å². The smallest absolute Gasteiger partial charge is 0.163 e. The number of nitrogens with one attached hydrogen (secondary N) is 1. The van der Waals surface area contributed by atoms with E-state index in [1.54, 1.807) is 12.1 Å². The first-order chi connectivity index (χ1) is 9.43. The van der Waals surface area contributed by atoms with Gasteiger partial charge in [-0.1, -0.05) is 23.2 Å². The van der Waals surface area contributed by atoms with Crippen LogP contribution in [0.25, 0.3) is 11.3 Å². The molecule has 0 bridgehead atoms. The number of hydrogen-bond donors (Lipinski definition) is 2. The highest BCUT2D eigenvalue weighted by atomic mass is 35.5. The molecule has 3 N–H and O–H groups in total. The van der Waals surface area contributed by atoms with Gasteiger partial charge in [-0.15, -0.1) is 0 Å². The highest BCUT2D eigenvalue weighted by Gasteiger charge is 2.18. The molecule has 0 saturated carbocycles. The van der Waals surface area contributed by atoms with Crippen LogP contribution in [0.2, 0.25) is 10.0 Å². The molecule has 0 aliphatic carbocycles. The average Bonchev–Trinajstić information content (AvgIpc) is 2.73. The van der Waals surface area contributed by atoms with Crippen molar-refractivity contribution in [3.8, 4) is 23.1 Å². The second-order valence-electron chi connectivity index (χ2n) is 4.40. The van der Waals surface area contributed by atoms with Gasteiger partial charge in [0.05, 0.1) is 21.8 Å². The number of nitrogen functional groups attached to an aromatic ring is 1. The fraction of sp³-hybridized carbons (Fsp3) is 0.231. The van der Waals surface area contributed by atoms with Crippen molar-refractivity contribution in [1.82, 2.24) is 10.2 Å². The van der Waals surface area contributed by atoms with Crippen molar-refractivity contribution in [1.29, 1.82) is 5.26 Å². The molecule has 7 heteroatoms. The van der Waals surface area contributed by atoms with Gasteiger partial charge < -0.3 is 10.5 Å². The molecule has 0 aliphatic heterocycles. The number of ether oxygens (including phenoxy) is 1. The third-order valence-electron chi connectivity index (χ3n) is 2.56. The van der Waals surface area contributed by atoms with E-state index in [-0.39, 0.29) is 17.5 Å². The first-order valence-corrected chi connectivity index (χ1v) is 6.59. The summed E-state index contributed by atoms with van der Waals surface area (Å²) in [6, 6.07) is 5.22. The third-order valence-corrected chi connectivity index (χ3v) is 3.17. The van der Waals surface area contributed by atoms with Crippen molar-refractivity contribution in [2.24, 2.45) is 0 Å². The van der Waals surface area contributed by atoms with E-state index in [2.05, 4.69) is 10.2 Å². The van der Waals surface area contributed by atoms with Gasteiger partial charge in [0, 0.05) is 5.56 Å². The lowest BCUT2D eigenvalue weighted by Crippen LogP contribution is -2.06. The van der Waals surface area contributed by atoms with Crippen LogP contribution in [0.15, 0.2) is 12.1 Å². The zero-order valence-corrected chi connectivity index (χ0v) is 12.4. The van der Waals surface area contributed by atoms with Gasteiger partial charge in [0.1, 0.15) is 17.4 Å². The van der Waals surface area contributed by atoms with Crippen molar-refractivity contribution in [2.75, 3.05) is 5.73 Å². The van der Waals surface area contributed by atoms with E-state index < -0.39 is 0 Å². The second-order valence-corrected chi connectivity index (χ2v) is 5.21. The first kappa shape index (κ1) is 14.5. The molecule has 1 aromatic carbocycles. The maximum atomic E-state index is 9.12. The van der Waals surface area contributed by atoms with Crippen molar-refractivity contribution < 1.29 is 4.74 Å². The number of H-pyrrole nitrogens is 1. The number of hydrogen-bond acceptors (Lipinski definition) is 4. The van der Waals surface area contributed by atoms with Crippen molar-refractivity contribution >= 4 is 29.0 Å². The Bertz CT molecular complexity index is 688. The van der Waals surface area contributed by atoms with Crippen LogP contribution in [0.4, 0.5) is 5.82 Å². The minimum atomic E-state index is -0.0381. The molecular weight excluding hydrogens is 299 g/mol. The maximum Gasteiger partial charge on any atom is 0.163 e. The van der Waals surface area contributed by atoms with Crippen LogP contribution in [-0.2, 0) is 0 Å². The number of nitrogens with zero attached hydrogens (tertiary/aromatic N) is 2. The van der Waals surface area contributed by atoms with Crippen LogP contribution in [0.1, 0.15) is 19.4 Å². The maximum absolute atomic E-state index is 9.12. The van der Waals surface area contributed by atoms with Crippen LogP contribution in [0, 0.1) is 11.3 Å². The molecule has 5 nitrogen and oxygen atoms in total. The number of benzene rings is 1. The van der Waals surface area contributed by atoms with Crippen molar-refractivity contribution in [3.63, 3.8) is 0 Å². The van der Waals surface area contributed by atoms with Crippen LogP contribution in [0.3, 0.4) is 0 Å². The predicted molar refractivity (Wildman–Crippen MR) is 78.9 cm³/mol. The summed E-state index contributed by atoms with van der Waals surface area (Å²) in [5, 5.41) is 16.4. The topological polar surface area (TPSA) is 87.7 Å². The van der Waals surface area contributed by atoms with E-state index in [0.29, 0.717) is 27.1 Å². The number of nitriles is 1. The molecule has 0 spiro atoms. The molecule has 2 aromatic rings. The van der Waals surface area contributed by atoms with E-state index in [0.717, 1.165) is 0 Å². The standard InChI is InChI=1S/C13H12Cl2N4O/c1-6(2)20-11-3-7(9(14)4-10(11)15)12-8(5-16)13(17)19-18-12/h3-4,6H,1-2H3,(H3,17,18,19). The molecule has 2 rings (SSSR count). The van der Waals surface area contributed by atoms with Crippen molar-refractivity contribution in [3.05, 3.63) is 27.7 Å². The Morgan fingerprint density at radius 3 is 2.65 bits per heavy atom. The lowest BCUT2D eigenvalue weighted by atomic mass is 10.1. The monoisotopic (exact) mass is 310 g/mol. The molecule has 20 heavy (non-hydrogen) atoms. The van der Waals surface area contributed by atoms with E-state index in [1.165, 1.54) is 0 Å². The van der Waals surface area contributed by atoms with Gasteiger partial charge in [-0.05, 0) is 26.0 Å². The summed E-state index contributed by atoms with van der Waals surface area (Å²) in [5.74, 6) is 0.609. The van der Waals surface area contributed by atoms with Crippen molar-refractivity contribution in [2.45, 2.75) is 20.0 Å². The quantitative estimate of drug-likeness (QED) is 0.906. The molecule has 0 unspecified atom stereocenters. The zero-order chi connectivity index (χ0) is 14.9. The normalized spacial score (nSPS) is 10.6. The fourth-order valence-corrected chi connectivity index (χ4v) is 2.25. The Hall–Kier alpha value is -1.90. The van der Waals surface area contributed by atoms with E-state index in [4.69, 9.17) is 38.9 Å². The summed E-state index contributed by atoms with van der Waals surface area (Å²) in [7, 11) is 0. The van der Waals surface area contributed by atoms with Gasteiger partial charge in [-0.25, -0.2) is 0 Å². The number of aromatic nitrogens is 2. The summed E-state index contributed by atoms with van der Waals surface area (Å²) in [6.45, 7) is 3.78. The Morgan fingerprint density at radius 1 is 1.35 bits per heavy atom. The number of anilines is 1. The molecule has 1 heterocycles. The van der Waals surface area contributed by atoms with Gasteiger partial charge in [0.15, 0.2) is 5.82 Å². The Morgan fingerprint density at radius 2 is 2.05 bits per heavy atom. The number of halogens is 2. The second kappa shape index (κ2) is 5.61. The lowest BCUT2D eigenvalue weighted by molar-refractivity contribution is 0.242. The lowest BCUT2D eigenvalue weighted by Gasteiger charge is -2.13. The Kier molecular flexibility index (Phi) is 4.07. The summed E-state index contributed by atoms with van der Waals surface area (Å²) in [4.78, 5) is 0. The molecule has 0 fully saturated rings. The molecule has 0 amide bonds. The highest BCUT2D eigenvalue weighted by molar-refractivity contribution is 6.37. The minimum absolute atomic E-state index is 0.0381. The Balaban J connectivity index is 2.59. The van der Waals surface area contributed by atoms with E-state index >= 15 is 0 Å². The predicted octanol–water partition coefficient (Wildman–Crippen LogP) is 3.62. The molecular formula is C13H12Cl2N4O. The molecule has 1 aromatic heterocycles. The van der Waals surface area contributed by atoms with Crippen LogP contribution in [-0.4, -0.2) is 16.3 Å². The molecule has 104 valence electrons. The molecule has 0 aliphatic rings. The molecule has 0 saturated heterocycles. The van der Waals surface area contributed by atoms with Gasteiger partial charge in [-0.2, -0.15) is 10.4 Å². The van der Waals surface area contributed by atoms with Gasteiger partial charge in [0.25, 0.3) is 0 Å². The largest absolute Gasteiger partial charge is 0.489 e. The minimum Gasteiger partial charge on any atom is -0.489 e. The van der Waals surface area contributed by atoms with Gasteiger partial charge >= 0.3 is 0 Å². The first-order valence-electron chi connectivity index (χ1n) is 5.84. The fourth-order valence-electron chi connectivity index (χ4n) is 1.73. The number of nitrogens with two attached hydrogens (primary N) is 1. The Labute approximate surface area is 126 Å². The van der Waals surface area contributed by atoms with Crippen LogP contribution >= 0.6 is 23.2 Å². The summed E-state index contributed by atoms with van der Waals surface area (Å²) < 4.78 is 5.60. The average molecular weight is 311 g/mol. The SMILES string of the molecule is CC(C)Oc1cc(-c2[nH]nc(N)c2C#N)c(Cl)cc1Cl. The zero-order valence-electron chi connectivity index (χ0n) is 10.9. The number of rotatable bonds is 3. The summed E-state index contributed by atoms with van der Waals surface area (Å²) in [6.07, 6.45) is -0.0381. The van der Waals surface area contributed by atoms with E-state index in [9.17, 15) is 0 Å². The summed E-state index contributed by atoms with van der Waals surface area (Å²) >= 11 is 12.3. The van der Waals surface area contributed by atoms with Crippen LogP contribution in [0.5, 0.6) is 5.75 Å². The van der Waals surface area contributed by atoms with E-state index in [1.807, 2.05) is 19.9 Å². The summed E-state index contributed by atoms with van der Waals surface area (Å²) in [5.41, 5.74) is 6.87.